The van der Waals surface area contributed by atoms with Gasteiger partial charge in [-0.2, -0.15) is 13.2 Å². The quantitative estimate of drug-likeness (QED) is 0.405. The normalized spacial score (nSPS) is 20.7. The van der Waals surface area contributed by atoms with Crippen LogP contribution in [0, 0.1) is 13.8 Å². The highest BCUT2D eigenvalue weighted by molar-refractivity contribution is 7.16. The van der Waals surface area contributed by atoms with Gasteiger partial charge in [-0.3, -0.25) is 4.79 Å². The molecular formula is C23H23F3N6O2S2. The van der Waals surface area contributed by atoms with Crippen molar-refractivity contribution in [1.82, 2.24) is 19.9 Å². The Balaban J connectivity index is 1.21. The third-order valence-corrected chi connectivity index (χ3v) is 7.96. The molecule has 8 nitrogen and oxygen atoms in total. The lowest BCUT2D eigenvalue weighted by Gasteiger charge is -2.35. The van der Waals surface area contributed by atoms with Gasteiger partial charge in [0.25, 0.3) is 5.91 Å². The monoisotopic (exact) mass is 536 g/mol. The molecule has 0 radical (unpaired) electrons. The number of aryl methyl sites for hydroxylation is 2. The average Bonchev–Trinajstić information content (AvgIpc) is 3.48. The number of hydrogen-bond donors (Lipinski definition) is 1. The highest BCUT2D eigenvalue weighted by Gasteiger charge is 2.42. The Bertz CT molecular complexity index is 1270. The first-order chi connectivity index (χ1) is 17.2. The zero-order valence-corrected chi connectivity index (χ0v) is 21.1. The number of thiazole rings is 2. The minimum Gasteiger partial charge on any atom is -0.386 e. The molecular weight excluding hydrogens is 513 g/mol. The number of piperidine rings is 1. The molecule has 0 aliphatic carbocycles. The summed E-state index contributed by atoms with van der Waals surface area (Å²) >= 11 is 3.07. The van der Waals surface area contributed by atoms with Gasteiger partial charge >= 0.3 is 6.18 Å². The summed E-state index contributed by atoms with van der Waals surface area (Å²) in [6.45, 7) is 2.52. The van der Waals surface area contributed by atoms with Crippen LogP contribution in [0.15, 0.2) is 28.9 Å². The maximum absolute atomic E-state index is 13.2. The van der Waals surface area contributed by atoms with Crippen LogP contribution >= 0.6 is 22.7 Å². The minimum atomic E-state index is -4.42. The number of halogens is 3. The molecule has 3 aromatic rings. The van der Waals surface area contributed by atoms with Crippen LogP contribution in [0.5, 0.6) is 0 Å². The number of oxime groups is 1. The molecule has 5 heterocycles. The first-order valence-electron chi connectivity index (χ1n) is 11.4. The molecule has 0 spiro atoms. The van der Waals surface area contributed by atoms with E-state index in [2.05, 4.69) is 30.3 Å². The Hall–Kier alpha value is -3.06. The molecule has 190 valence electrons. The third-order valence-electron chi connectivity index (χ3n) is 6.10. The highest BCUT2D eigenvalue weighted by atomic mass is 32.1. The summed E-state index contributed by atoms with van der Waals surface area (Å²) in [5.41, 5.74) is 2.85. The largest absolute Gasteiger partial charge is 0.425 e. The lowest BCUT2D eigenvalue weighted by atomic mass is 9.99. The summed E-state index contributed by atoms with van der Waals surface area (Å²) in [6.07, 6.45) is -0.489. The predicted molar refractivity (Wildman–Crippen MR) is 132 cm³/mol. The lowest BCUT2D eigenvalue weighted by molar-refractivity contribution is -0.173. The van der Waals surface area contributed by atoms with Gasteiger partial charge in [0.2, 0.25) is 6.61 Å². The van der Waals surface area contributed by atoms with Crippen LogP contribution in [-0.2, 0) is 4.84 Å². The van der Waals surface area contributed by atoms with Crippen LogP contribution < -0.4 is 5.32 Å². The van der Waals surface area contributed by atoms with Crippen LogP contribution in [-0.4, -0.2) is 56.3 Å². The number of rotatable bonds is 6. The molecule has 2 aliphatic rings. The van der Waals surface area contributed by atoms with E-state index in [1.807, 2.05) is 24.1 Å². The molecule has 0 unspecified atom stereocenters. The number of alkyl halides is 3. The number of carbonyl (C=O) groups is 1. The Kier molecular flexibility index (Phi) is 6.68. The van der Waals surface area contributed by atoms with Crippen LogP contribution in [0.1, 0.15) is 46.7 Å². The first kappa shape index (κ1) is 24.6. The number of fused-ring (bicyclic) bond motifs is 2. The number of carbonyl (C=O) groups excluding carboxylic acids is 1. The van der Waals surface area contributed by atoms with Gasteiger partial charge in [-0.25, -0.2) is 15.0 Å². The van der Waals surface area contributed by atoms with Crippen molar-refractivity contribution >= 4 is 45.2 Å². The molecule has 2 atom stereocenters. The Labute approximate surface area is 213 Å². The van der Waals surface area contributed by atoms with Gasteiger partial charge in [-0.05, 0) is 38.8 Å². The number of aromatic nitrogens is 3. The van der Waals surface area contributed by atoms with Crippen molar-refractivity contribution in [3.63, 3.8) is 0 Å². The summed E-state index contributed by atoms with van der Waals surface area (Å²) < 4.78 is 36.9. The molecule has 2 aliphatic heterocycles. The van der Waals surface area contributed by atoms with E-state index in [0.29, 0.717) is 35.1 Å². The van der Waals surface area contributed by atoms with Crippen molar-refractivity contribution in [2.45, 2.75) is 57.8 Å². The van der Waals surface area contributed by atoms with Crippen LogP contribution in [0.2, 0.25) is 0 Å². The van der Waals surface area contributed by atoms with Gasteiger partial charge in [0.05, 0.1) is 32.5 Å². The summed E-state index contributed by atoms with van der Waals surface area (Å²) in [5, 5.41) is 10.5. The molecule has 3 aromatic heterocycles. The van der Waals surface area contributed by atoms with Gasteiger partial charge in [-0.1, -0.05) is 5.16 Å². The van der Waals surface area contributed by atoms with Gasteiger partial charge in [0, 0.05) is 36.5 Å². The second-order valence-electron chi connectivity index (χ2n) is 8.79. The average molecular weight is 537 g/mol. The Morgan fingerprint density at radius 3 is 2.58 bits per heavy atom. The molecule has 13 heteroatoms. The van der Waals surface area contributed by atoms with Crippen LogP contribution in [0.25, 0.3) is 10.6 Å². The molecule has 2 fully saturated rings. The Morgan fingerprint density at radius 2 is 1.97 bits per heavy atom. The van der Waals surface area contributed by atoms with Gasteiger partial charge in [0.1, 0.15) is 5.82 Å². The second kappa shape index (κ2) is 9.77. The van der Waals surface area contributed by atoms with E-state index in [4.69, 9.17) is 0 Å². The summed E-state index contributed by atoms with van der Waals surface area (Å²) in [5.74, 6) is 0.437. The van der Waals surface area contributed by atoms with Crippen molar-refractivity contribution in [3.05, 3.63) is 40.0 Å². The molecule has 1 N–H and O–H groups in total. The number of hydrogen-bond acceptors (Lipinski definition) is 9. The molecule has 36 heavy (non-hydrogen) atoms. The zero-order chi connectivity index (χ0) is 25.4. The molecule has 0 saturated carbocycles. The molecule has 2 saturated heterocycles. The van der Waals surface area contributed by atoms with E-state index in [0.717, 1.165) is 34.1 Å². The van der Waals surface area contributed by atoms with E-state index in [9.17, 15) is 18.0 Å². The topological polar surface area (TPSA) is 92.6 Å². The fourth-order valence-corrected chi connectivity index (χ4v) is 6.31. The van der Waals surface area contributed by atoms with Crippen molar-refractivity contribution in [3.8, 4) is 10.6 Å². The Morgan fingerprint density at radius 1 is 1.22 bits per heavy atom. The second-order valence-corrected chi connectivity index (χ2v) is 10.9. The van der Waals surface area contributed by atoms with E-state index in [1.165, 1.54) is 17.5 Å². The summed E-state index contributed by atoms with van der Waals surface area (Å²) in [7, 11) is 0. The molecule has 2 bridgehead atoms. The lowest BCUT2D eigenvalue weighted by Crippen LogP contribution is -2.46. The number of anilines is 2. The van der Waals surface area contributed by atoms with Crippen molar-refractivity contribution in [2.75, 3.05) is 11.9 Å². The summed E-state index contributed by atoms with van der Waals surface area (Å²) in [6, 6.07) is 3.25. The fourth-order valence-electron chi connectivity index (χ4n) is 4.65. The molecule has 5 rings (SSSR count). The fraction of sp³-hybridized carbons (Fsp3) is 0.435. The van der Waals surface area contributed by atoms with E-state index in [-0.39, 0.29) is 18.0 Å². The van der Waals surface area contributed by atoms with Gasteiger partial charge in [0.15, 0.2) is 5.13 Å². The van der Waals surface area contributed by atoms with Crippen molar-refractivity contribution < 1.29 is 22.8 Å². The maximum atomic E-state index is 13.2. The molecule has 1 amide bonds. The highest BCUT2D eigenvalue weighted by Crippen LogP contribution is 2.36. The standard InChI is InChI=1S/C23H23F3N6O2S2/c1-12-20(36-13(2)28-12)18-10-35-22(29-18)30-19-6-3-14(9-27-19)21(33)32-16-4-5-17(32)8-15(7-16)31-34-11-23(24,25)26/h3,6,9-10,16-17H,4-5,7-8,11H2,1-2H3,(H,27,29,30)/t16-,17+. The van der Waals surface area contributed by atoms with E-state index >= 15 is 0 Å². The number of nitrogens with one attached hydrogen (secondary N) is 1. The smallest absolute Gasteiger partial charge is 0.386 e. The summed E-state index contributed by atoms with van der Waals surface area (Å²) in [4.78, 5) is 34.0. The van der Waals surface area contributed by atoms with Crippen LogP contribution in [0.3, 0.4) is 0 Å². The van der Waals surface area contributed by atoms with Gasteiger partial charge in [-0.15, -0.1) is 22.7 Å². The number of pyridine rings is 1. The first-order valence-corrected chi connectivity index (χ1v) is 13.1. The van der Waals surface area contributed by atoms with E-state index in [1.54, 1.807) is 23.5 Å². The number of amides is 1. The predicted octanol–water partition coefficient (Wildman–Crippen LogP) is 5.72. The van der Waals surface area contributed by atoms with Gasteiger partial charge < -0.3 is 15.1 Å². The van der Waals surface area contributed by atoms with E-state index < -0.39 is 12.8 Å². The number of nitrogens with zero attached hydrogens (tertiary/aromatic N) is 5. The van der Waals surface area contributed by atoms with Crippen molar-refractivity contribution in [1.29, 1.82) is 0 Å². The van der Waals surface area contributed by atoms with Crippen molar-refractivity contribution in [2.24, 2.45) is 5.16 Å². The third kappa shape index (κ3) is 5.36. The maximum Gasteiger partial charge on any atom is 0.425 e. The zero-order valence-electron chi connectivity index (χ0n) is 19.5. The van der Waals surface area contributed by atoms with Crippen LogP contribution in [0.4, 0.5) is 24.1 Å². The SMILES string of the molecule is Cc1nc(C)c(-c2csc(Nc3ccc(C(=O)N4[C@@H]5CC[C@H]4CC(=NOCC(F)(F)F)C5)cn3)n2)s1. The minimum absolute atomic E-state index is 0.102. The molecule has 0 aromatic carbocycles.